The summed E-state index contributed by atoms with van der Waals surface area (Å²) >= 11 is 1.89. The van der Waals surface area contributed by atoms with Crippen molar-refractivity contribution in [3.05, 3.63) is 0 Å². The van der Waals surface area contributed by atoms with E-state index in [9.17, 15) is 4.79 Å². The number of carbonyl (C=O) groups is 1. The maximum atomic E-state index is 11.8. The van der Waals surface area contributed by atoms with Crippen LogP contribution in [0, 0.1) is 0 Å². The molecule has 17 heavy (non-hydrogen) atoms. The molecule has 1 unspecified atom stereocenters. The number of amides is 1. The van der Waals surface area contributed by atoms with E-state index in [0.29, 0.717) is 17.8 Å². The van der Waals surface area contributed by atoms with E-state index in [1.165, 1.54) is 19.3 Å². The summed E-state index contributed by atoms with van der Waals surface area (Å²) < 4.78 is 5.66. The molecule has 1 aliphatic carbocycles. The molecule has 0 aromatic carbocycles. The summed E-state index contributed by atoms with van der Waals surface area (Å²) in [5.74, 6) is 0.147. The average molecular weight is 258 g/mol. The van der Waals surface area contributed by atoms with Gasteiger partial charge in [0.1, 0.15) is 0 Å². The van der Waals surface area contributed by atoms with Crippen molar-refractivity contribution in [1.29, 1.82) is 0 Å². The quantitative estimate of drug-likeness (QED) is 0.765. The van der Waals surface area contributed by atoms with Crippen molar-refractivity contribution in [2.75, 3.05) is 32.6 Å². The predicted octanol–water partition coefficient (Wildman–Crippen LogP) is 0.767. The smallest absolute Gasteiger partial charge is 0.221 e. The normalized spacial score (nSPS) is 27.2. The molecule has 2 rings (SSSR count). The first-order valence-corrected chi connectivity index (χ1v) is 7.60. The van der Waals surface area contributed by atoms with Gasteiger partial charge in [-0.2, -0.15) is 11.8 Å². The lowest BCUT2D eigenvalue weighted by Gasteiger charge is -2.40. The molecule has 0 bridgehead atoms. The van der Waals surface area contributed by atoms with E-state index in [0.717, 1.165) is 19.7 Å². The van der Waals surface area contributed by atoms with Crippen molar-refractivity contribution in [2.24, 2.45) is 0 Å². The second-order valence-electron chi connectivity index (χ2n) is 4.95. The van der Waals surface area contributed by atoms with Gasteiger partial charge in [0.25, 0.3) is 0 Å². The lowest BCUT2D eigenvalue weighted by molar-refractivity contribution is -0.122. The van der Waals surface area contributed by atoms with E-state index in [2.05, 4.69) is 16.9 Å². The largest absolute Gasteiger partial charge is 0.378 e. The van der Waals surface area contributed by atoms with Crippen LogP contribution in [0.2, 0.25) is 0 Å². The maximum absolute atomic E-state index is 11.8. The number of rotatable bonds is 5. The molecule has 1 saturated carbocycles. The molecular weight excluding hydrogens is 236 g/mol. The minimum atomic E-state index is 0.147. The summed E-state index contributed by atoms with van der Waals surface area (Å²) in [4.78, 5) is 11.8. The third-order valence-electron chi connectivity index (χ3n) is 3.74. The molecule has 4 nitrogen and oxygen atoms in total. The molecule has 5 heteroatoms. The van der Waals surface area contributed by atoms with Crippen molar-refractivity contribution < 1.29 is 9.53 Å². The SMILES string of the molecule is CSC1(CNC(=O)CC2COCCN2)CCC1. The van der Waals surface area contributed by atoms with Gasteiger partial charge in [-0.15, -0.1) is 0 Å². The van der Waals surface area contributed by atoms with Crippen LogP contribution in [-0.4, -0.2) is 49.3 Å². The van der Waals surface area contributed by atoms with Gasteiger partial charge >= 0.3 is 0 Å². The van der Waals surface area contributed by atoms with Crippen molar-refractivity contribution in [2.45, 2.75) is 36.5 Å². The topological polar surface area (TPSA) is 50.4 Å². The fraction of sp³-hybridized carbons (Fsp3) is 0.917. The molecule has 0 aromatic rings. The third kappa shape index (κ3) is 3.60. The molecule has 1 aliphatic heterocycles. The summed E-state index contributed by atoms with van der Waals surface area (Å²) in [5, 5.41) is 6.37. The van der Waals surface area contributed by atoms with Crippen LogP contribution < -0.4 is 10.6 Å². The first-order valence-electron chi connectivity index (χ1n) is 6.37. The summed E-state index contributed by atoms with van der Waals surface area (Å²) in [6, 6.07) is 0.190. The Bertz CT molecular complexity index is 258. The minimum absolute atomic E-state index is 0.147. The highest BCUT2D eigenvalue weighted by Gasteiger charge is 2.36. The van der Waals surface area contributed by atoms with E-state index in [-0.39, 0.29) is 11.9 Å². The Labute approximate surface area is 107 Å². The Balaban J connectivity index is 1.66. The fourth-order valence-corrected chi connectivity index (χ4v) is 3.24. The van der Waals surface area contributed by atoms with Crippen LogP contribution in [0.15, 0.2) is 0 Å². The second kappa shape index (κ2) is 6.07. The summed E-state index contributed by atoms with van der Waals surface area (Å²) in [6.07, 6.45) is 6.44. The van der Waals surface area contributed by atoms with E-state index in [4.69, 9.17) is 4.74 Å². The van der Waals surface area contributed by atoms with Crippen LogP contribution in [0.5, 0.6) is 0 Å². The van der Waals surface area contributed by atoms with Gasteiger partial charge in [-0.05, 0) is 19.1 Å². The first kappa shape index (κ1) is 13.2. The van der Waals surface area contributed by atoms with Crippen LogP contribution in [0.3, 0.4) is 0 Å². The summed E-state index contributed by atoms with van der Waals surface area (Å²) in [5.41, 5.74) is 0. The number of nitrogens with one attached hydrogen (secondary N) is 2. The first-order chi connectivity index (χ1) is 8.24. The number of ether oxygens (including phenoxy) is 1. The monoisotopic (exact) mass is 258 g/mol. The molecule has 2 N–H and O–H groups in total. The molecular formula is C12H22N2O2S. The molecule has 1 atom stereocenters. The molecule has 98 valence electrons. The molecule has 2 aliphatic rings. The maximum Gasteiger partial charge on any atom is 0.221 e. The van der Waals surface area contributed by atoms with Gasteiger partial charge in [0.15, 0.2) is 0 Å². The Morgan fingerprint density at radius 2 is 2.41 bits per heavy atom. The fourth-order valence-electron chi connectivity index (χ4n) is 2.33. The second-order valence-corrected chi connectivity index (χ2v) is 6.22. The number of thioether (sulfide) groups is 1. The lowest BCUT2D eigenvalue weighted by atomic mass is 9.84. The Hall–Kier alpha value is -0.260. The molecule has 2 fully saturated rings. The van der Waals surface area contributed by atoms with Gasteiger partial charge < -0.3 is 15.4 Å². The van der Waals surface area contributed by atoms with Crippen LogP contribution in [0.1, 0.15) is 25.7 Å². The molecule has 0 radical (unpaired) electrons. The molecule has 1 saturated heterocycles. The van der Waals surface area contributed by atoms with Crippen LogP contribution >= 0.6 is 11.8 Å². The van der Waals surface area contributed by atoms with Crippen molar-refractivity contribution in [3.63, 3.8) is 0 Å². The molecule has 1 amide bonds. The van der Waals surface area contributed by atoms with E-state index < -0.39 is 0 Å². The highest BCUT2D eigenvalue weighted by Crippen LogP contribution is 2.42. The van der Waals surface area contributed by atoms with E-state index in [1.807, 2.05) is 11.8 Å². The van der Waals surface area contributed by atoms with Gasteiger partial charge in [-0.1, -0.05) is 6.42 Å². The minimum Gasteiger partial charge on any atom is -0.378 e. The van der Waals surface area contributed by atoms with Crippen molar-refractivity contribution in [1.82, 2.24) is 10.6 Å². The van der Waals surface area contributed by atoms with Crippen LogP contribution in [0.25, 0.3) is 0 Å². The Morgan fingerprint density at radius 1 is 1.59 bits per heavy atom. The highest BCUT2D eigenvalue weighted by molar-refractivity contribution is 8.00. The molecule has 1 heterocycles. The third-order valence-corrected chi connectivity index (χ3v) is 5.15. The predicted molar refractivity (Wildman–Crippen MR) is 70.3 cm³/mol. The zero-order valence-electron chi connectivity index (χ0n) is 10.5. The van der Waals surface area contributed by atoms with E-state index >= 15 is 0 Å². The van der Waals surface area contributed by atoms with Crippen molar-refractivity contribution >= 4 is 17.7 Å². The van der Waals surface area contributed by atoms with Gasteiger partial charge in [-0.3, -0.25) is 4.79 Å². The number of hydrogen-bond donors (Lipinski definition) is 2. The van der Waals surface area contributed by atoms with Gasteiger partial charge in [0.05, 0.1) is 13.2 Å². The van der Waals surface area contributed by atoms with Crippen molar-refractivity contribution in [3.8, 4) is 0 Å². The highest BCUT2D eigenvalue weighted by atomic mass is 32.2. The van der Waals surface area contributed by atoms with Crippen LogP contribution in [0.4, 0.5) is 0 Å². The number of carbonyl (C=O) groups excluding carboxylic acids is 1. The lowest BCUT2D eigenvalue weighted by Crippen LogP contribution is -2.48. The summed E-state index contributed by atoms with van der Waals surface area (Å²) in [6.45, 7) is 3.09. The van der Waals surface area contributed by atoms with Gasteiger partial charge in [-0.25, -0.2) is 0 Å². The standard InChI is InChI=1S/C12H22N2O2S/c1-17-12(3-2-4-12)9-14-11(15)7-10-8-16-6-5-13-10/h10,13H,2-9H2,1H3,(H,14,15). The molecule has 0 spiro atoms. The molecule has 0 aromatic heterocycles. The number of morpholine rings is 1. The Kier molecular flexibility index (Phi) is 4.70. The zero-order valence-corrected chi connectivity index (χ0v) is 11.3. The van der Waals surface area contributed by atoms with Gasteiger partial charge in [0, 0.05) is 30.3 Å². The van der Waals surface area contributed by atoms with Crippen LogP contribution in [-0.2, 0) is 9.53 Å². The zero-order chi connectivity index (χ0) is 12.1. The number of hydrogen-bond acceptors (Lipinski definition) is 4. The average Bonchev–Trinajstić information content (AvgIpc) is 2.29. The van der Waals surface area contributed by atoms with E-state index in [1.54, 1.807) is 0 Å². The Morgan fingerprint density at radius 3 is 2.94 bits per heavy atom. The summed E-state index contributed by atoms with van der Waals surface area (Å²) in [7, 11) is 0. The van der Waals surface area contributed by atoms with Gasteiger partial charge in [0.2, 0.25) is 5.91 Å².